The summed E-state index contributed by atoms with van der Waals surface area (Å²) >= 11 is 3.56. The van der Waals surface area contributed by atoms with E-state index in [-0.39, 0.29) is 0 Å². The van der Waals surface area contributed by atoms with Gasteiger partial charge in [-0.25, -0.2) is 4.98 Å². The number of nitrogens with one attached hydrogen (secondary N) is 1. The minimum Gasteiger partial charge on any atom is -0.357 e. The lowest BCUT2D eigenvalue weighted by atomic mass is 10.3. The smallest absolute Gasteiger partial charge is 0.142 e. The zero-order valence-electron chi connectivity index (χ0n) is 9.83. The van der Waals surface area contributed by atoms with Crippen molar-refractivity contribution in [3.63, 3.8) is 0 Å². The molecule has 88 valence electrons. The summed E-state index contributed by atoms with van der Waals surface area (Å²) in [5.41, 5.74) is 1.18. The number of nitrogens with zero attached hydrogens (tertiary/aromatic N) is 2. The number of hydrogen-bond donors (Lipinski definition) is 1. The van der Waals surface area contributed by atoms with Crippen molar-refractivity contribution < 1.29 is 0 Å². The molecule has 0 unspecified atom stereocenters. The van der Waals surface area contributed by atoms with Gasteiger partial charge in [-0.3, -0.25) is 0 Å². The summed E-state index contributed by atoms with van der Waals surface area (Å²) in [4.78, 5) is 6.62. The van der Waals surface area contributed by atoms with Gasteiger partial charge in [-0.2, -0.15) is 0 Å². The van der Waals surface area contributed by atoms with E-state index < -0.39 is 0 Å². The van der Waals surface area contributed by atoms with Crippen LogP contribution in [0.15, 0.2) is 16.7 Å². The van der Waals surface area contributed by atoms with Crippen molar-refractivity contribution in [3.8, 4) is 0 Å². The van der Waals surface area contributed by atoms with Gasteiger partial charge in [-0.15, -0.1) is 0 Å². The second kappa shape index (κ2) is 5.15. The molecule has 0 radical (unpaired) electrons. The van der Waals surface area contributed by atoms with Crippen LogP contribution in [0.4, 0.5) is 5.82 Å². The van der Waals surface area contributed by atoms with Gasteiger partial charge in [0.1, 0.15) is 5.82 Å². The summed E-state index contributed by atoms with van der Waals surface area (Å²) in [5, 5.41) is 3.50. The lowest BCUT2D eigenvalue weighted by Gasteiger charge is -2.19. The first-order chi connectivity index (χ1) is 7.66. The van der Waals surface area contributed by atoms with E-state index in [4.69, 9.17) is 0 Å². The summed E-state index contributed by atoms with van der Waals surface area (Å²) in [6, 6.07) is 2.88. The maximum atomic E-state index is 4.44. The molecule has 0 saturated heterocycles. The van der Waals surface area contributed by atoms with Crippen LogP contribution in [0.3, 0.4) is 0 Å². The highest BCUT2D eigenvalue weighted by molar-refractivity contribution is 9.10. The number of aromatic nitrogens is 1. The molecule has 0 amide bonds. The monoisotopic (exact) mass is 283 g/mol. The maximum absolute atomic E-state index is 4.44. The molecule has 0 spiro atoms. The van der Waals surface area contributed by atoms with Gasteiger partial charge in [-0.1, -0.05) is 0 Å². The molecular weight excluding hydrogens is 266 g/mol. The van der Waals surface area contributed by atoms with Gasteiger partial charge in [0.2, 0.25) is 0 Å². The van der Waals surface area contributed by atoms with Crippen LogP contribution >= 0.6 is 15.9 Å². The number of aryl methyl sites for hydroxylation is 1. The largest absolute Gasteiger partial charge is 0.357 e. The molecule has 0 aliphatic heterocycles. The predicted octanol–water partition coefficient (Wildman–Crippen LogP) is 2.34. The molecule has 1 N–H and O–H groups in total. The van der Waals surface area contributed by atoms with E-state index in [2.05, 4.69) is 51.2 Å². The van der Waals surface area contributed by atoms with E-state index in [0.29, 0.717) is 0 Å². The first-order valence-corrected chi connectivity index (χ1v) is 6.53. The Morgan fingerprint density at radius 3 is 2.94 bits per heavy atom. The number of hydrogen-bond acceptors (Lipinski definition) is 3. The Kier molecular flexibility index (Phi) is 3.82. The molecule has 16 heavy (non-hydrogen) atoms. The quantitative estimate of drug-likeness (QED) is 0.899. The first kappa shape index (κ1) is 11.9. The number of pyridine rings is 1. The summed E-state index contributed by atoms with van der Waals surface area (Å²) < 4.78 is 1.07. The standard InChI is InChI=1S/C12H18BrN3/c1-9-7-11(13)12(15-8-9)16(2)6-5-14-10-3-4-10/h7-8,10,14H,3-6H2,1-2H3. The summed E-state index contributed by atoms with van der Waals surface area (Å²) in [6.07, 6.45) is 4.59. The Morgan fingerprint density at radius 1 is 1.56 bits per heavy atom. The third-order valence-corrected chi connectivity index (χ3v) is 3.36. The average molecular weight is 284 g/mol. The van der Waals surface area contributed by atoms with Crippen LogP contribution in [0.1, 0.15) is 18.4 Å². The third-order valence-electron chi connectivity index (χ3n) is 2.78. The first-order valence-electron chi connectivity index (χ1n) is 5.73. The van der Waals surface area contributed by atoms with Gasteiger partial charge >= 0.3 is 0 Å². The van der Waals surface area contributed by atoms with Gasteiger partial charge in [0.05, 0.1) is 4.47 Å². The van der Waals surface area contributed by atoms with Crippen molar-refractivity contribution >= 4 is 21.7 Å². The Balaban J connectivity index is 1.88. The Bertz CT molecular complexity index is 363. The van der Waals surface area contributed by atoms with Gasteiger partial charge < -0.3 is 10.2 Å². The molecule has 4 heteroatoms. The van der Waals surface area contributed by atoms with E-state index in [1.807, 2.05) is 6.20 Å². The number of anilines is 1. The summed E-state index contributed by atoms with van der Waals surface area (Å²) in [5.74, 6) is 1.02. The molecule has 1 saturated carbocycles. The van der Waals surface area contributed by atoms with Crippen molar-refractivity contribution in [1.29, 1.82) is 0 Å². The zero-order valence-corrected chi connectivity index (χ0v) is 11.4. The van der Waals surface area contributed by atoms with Crippen molar-refractivity contribution in [1.82, 2.24) is 10.3 Å². The fraction of sp³-hybridized carbons (Fsp3) is 0.583. The topological polar surface area (TPSA) is 28.2 Å². The minimum absolute atomic E-state index is 0.780. The molecule has 0 atom stereocenters. The number of halogens is 1. The van der Waals surface area contributed by atoms with E-state index in [1.54, 1.807) is 0 Å². The molecule has 2 rings (SSSR count). The lowest BCUT2D eigenvalue weighted by Crippen LogP contribution is -2.30. The van der Waals surface area contributed by atoms with Gasteiger partial charge in [-0.05, 0) is 47.3 Å². The van der Waals surface area contributed by atoms with Crippen molar-refractivity contribution in [2.45, 2.75) is 25.8 Å². The molecule has 1 heterocycles. The van der Waals surface area contributed by atoms with Gasteiger partial charge in [0.15, 0.2) is 0 Å². The molecule has 1 aromatic heterocycles. The van der Waals surface area contributed by atoms with E-state index in [9.17, 15) is 0 Å². The normalized spacial score (nSPS) is 15.2. The lowest BCUT2D eigenvalue weighted by molar-refractivity contribution is 0.672. The van der Waals surface area contributed by atoms with Gasteiger partial charge in [0, 0.05) is 32.4 Å². The second-order valence-electron chi connectivity index (χ2n) is 4.47. The molecule has 0 aromatic carbocycles. The van der Waals surface area contributed by atoms with Crippen LogP contribution in [-0.2, 0) is 0 Å². The minimum atomic E-state index is 0.780. The molecular formula is C12H18BrN3. The highest BCUT2D eigenvalue weighted by Crippen LogP contribution is 2.23. The summed E-state index contributed by atoms with van der Waals surface area (Å²) in [7, 11) is 2.08. The van der Waals surface area contributed by atoms with Gasteiger partial charge in [0.25, 0.3) is 0 Å². The molecule has 1 aromatic rings. The van der Waals surface area contributed by atoms with Crippen LogP contribution in [0.5, 0.6) is 0 Å². The van der Waals surface area contributed by atoms with E-state index >= 15 is 0 Å². The van der Waals surface area contributed by atoms with Crippen molar-refractivity contribution in [2.75, 3.05) is 25.0 Å². The average Bonchev–Trinajstić information content (AvgIpc) is 3.01. The highest BCUT2D eigenvalue weighted by atomic mass is 79.9. The fourth-order valence-corrected chi connectivity index (χ4v) is 2.40. The molecule has 1 aliphatic carbocycles. The Morgan fingerprint density at radius 2 is 2.31 bits per heavy atom. The Labute approximate surface area is 105 Å². The molecule has 3 nitrogen and oxygen atoms in total. The van der Waals surface area contributed by atoms with Crippen molar-refractivity contribution in [2.24, 2.45) is 0 Å². The predicted molar refractivity (Wildman–Crippen MR) is 71.0 cm³/mol. The Hall–Kier alpha value is -0.610. The zero-order chi connectivity index (χ0) is 11.5. The maximum Gasteiger partial charge on any atom is 0.142 e. The highest BCUT2D eigenvalue weighted by Gasteiger charge is 2.20. The van der Waals surface area contributed by atoms with Crippen LogP contribution in [0.25, 0.3) is 0 Å². The molecule has 1 fully saturated rings. The molecule has 0 bridgehead atoms. The molecule has 1 aliphatic rings. The van der Waals surface area contributed by atoms with Crippen LogP contribution in [0, 0.1) is 6.92 Å². The third kappa shape index (κ3) is 3.19. The van der Waals surface area contributed by atoms with Crippen LogP contribution < -0.4 is 10.2 Å². The van der Waals surface area contributed by atoms with E-state index in [1.165, 1.54) is 18.4 Å². The van der Waals surface area contributed by atoms with E-state index in [0.717, 1.165) is 29.4 Å². The van der Waals surface area contributed by atoms with Crippen molar-refractivity contribution in [3.05, 3.63) is 22.3 Å². The number of likely N-dealkylation sites (N-methyl/N-ethyl adjacent to an activating group) is 1. The fourth-order valence-electron chi connectivity index (χ4n) is 1.64. The van der Waals surface area contributed by atoms with Crippen LogP contribution in [0.2, 0.25) is 0 Å². The number of rotatable bonds is 5. The summed E-state index contributed by atoms with van der Waals surface area (Å²) in [6.45, 7) is 4.07. The SMILES string of the molecule is Cc1cnc(N(C)CCNC2CC2)c(Br)c1. The van der Waals surface area contributed by atoms with Crippen LogP contribution in [-0.4, -0.2) is 31.2 Å². The second-order valence-corrected chi connectivity index (χ2v) is 5.32.